The van der Waals surface area contributed by atoms with Crippen LogP contribution in [0.5, 0.6) is 0 Å². The normalized spacial score (nSPS) is 14.7. The van der Waals surface area contributed by atoms with Crippen molar-refractivity contribution in [2.75, 3.05) is 12.0 Å². The van der Waals surface area contributed by atoms with Gasteiger partial charge in [0.05, 0.1) is 11.8 Å². The number of carbonyl (C=O) groups excluding carboxylic acids is 1. The molecule has 1 rings (SSSR count). The molecule has 1 aromatic carbocycles. The Hall–Kier alpha value is -0.880. The molecule has 0 saturated heterocycles. The van der Waals surface area contributed by atoms with Crippen LogP contribution in [0.3, 0.4) is 0 Å². The van der Waals surface area contributed by atoms with Crippen LogP contribution < -0.4 is 5.32 Å². The smallest absolute Gasteiger partial charge is 0.224 e. The summed E-state index contributed by atoms with van der Waals surface area (Å²) >= 11 is 3.43. The van der Waals surface area contributed by atoms with Crippen LogP contribution >= 0.6 is 15.9 Å². The Bertz CT molecular complexity index is 557. The van der Waals surface area contributed by atoms with Crippen LogP contribution in [0.1, 0.15) is 25.5 Å². The van der Waals surface area contributed by atoms with Crippen LogP contribution in [-0.4, -0.2) is 26.3 Å². The number of nitrogens with one attached hydrogen (secondary N) is 1. The number of amides is 1. The standard InChI is InChI=1S/C13H18BrNO3S/c1-9(8-19(3,17)18)13(16)15-10(2)11-6-4-5-7-12(11)14/h4-7,9-10H,8H2,1-3H3,(H,15,16)/t9-,10-/m0/s1. The van der Waals surface area contributed by atoms with Crippen molar-refractivity contribution in [3.05, 3.63) is 34.3 Å². The van der Waals surface area contributed by atoms with Crippen LogP contribution in [0.15, 0.2) is 28.7 Å². The third-order valence-electron chi connectivity index (χ3n) is 2.73. The van der Waals surface area contributed by atoms with E-state index in [-0.39, 0.29) is 17.7 Å². The Kier molecular flexibility index (Phi) is 5.55. The minimum atomic E-state index is -3.15. The Labute approximate surface area is 122 Å². The molecule has 0 heterocycles. The molecule has 0 aliphatic carbocycles. The molecule has 0 bridgehead atoms. The first-order chi connectivity index (χ1) is 8.70. The summed E-state index contributed by atoms with van der Waals surface area (Å²) in [7, 11) is -3.15. The van der Waals surface area contributed by atoms with Crippen molar-refractivity contribution in [3.63, 3.8) is 0 Å². The fourth-order valence-electron chi connectivity index (χ4n) is 1.79. The van der Waals surface area contributed by atoms with Gasteiger partial charge in [-0.3, -0.25) is 4.79 Å². The summed E-state index contributed by atoms with van der Waals surface area (Å²) in [6.45, 7) is 3.48. The van der Waals surface area contributed by atoms with Gasteiger partial charge < -0.3 is 5.32 Å². The highest BCUT2D eigenvalue weighted by Crippen LogP contribution is 2.22. The van der Waals surface area contributed by atoms with Gasteiger partial charge in [-0.2, -0.15) is 0 Å². The lowest BCUT2D eigenvalue weighted by molar-refractivity contribution is -0.124. The van der Waals surface area contributed by atoms with Crippen molar-refractivity contribution < 1.29 is 13.2 Å². The molecule has 0 radical (unpaired) electrons. The minimum absolute atomic E-state index is 0.137. The number of hydrogen-bond acceptors (Lipinski definition) is 3. The van der Waals surface area contributed by atoms with E-state index in [1.165, 1.54) is 0 Å². The van der Waals surface area contributed by atoms with Gasteiger partial charge in [-0.05, 0) is 18.6 Å². The summed E-state index contributed by atoms with van der Waals surface area (Å²) in [4.78, 5) is 11.9. The number of halogens is 1. The lowest BCUT2D eigenvalue weighted by atomic mass is 10.1. The lowest BCUT2D eigenvalue weighted by Gasteiger charge is -2.18. The monoisotopic (exact) mass is 347 g/mol. The Morgan fingerprint density at radius 3 is 2.42 bits per heavy atom. The summed E-state index contributed by atoms with van der Waals surface area (Å²) in [6.07, 6.45) is 1.13. The van der Waals surface area contributed by atoms with Gasteiger partial charge in [0.1, 0.15) is 9.84 Å². The van der Waals surface area contributed by atoms with Crippen molar-refractivity contribution in [3.8, 4) is 0 Å². The van der Waals surface area contributed by atoms with Gasteiger partial charge in [0.15, 0.2) is 0 Å². The van der Waals surface area contributed by atoms with Crippen molar-refractivity contribution >= 4 is 31.7 Å². The second-order valence-electron chi connectivity index (χ2n) is 4.75. The summed E-state index contributed by atoms with van der Waals surface area (Å²) in [5.41, 5.74) is 0.961. The molecule has 0 saturated carbocycles. The molecule has 2 atom stereocenters. The average molecular weight is 348 g/mol. The number of benzene rings is 1. The molecule has 0 aromatic heterocycles. The average Bonchev–Trinajstić information content (AvgIpc) is 2.27. The van der Waals surface area contributed by atoms with E-state index in [9.17, 15) is 13.2 Å². The van der Waals surface area contributed by atoms with Crippen molar-refractivity contribution in [1.29, 1.82) is 0 Å². The first-order valence-corrected chi connectivity index (χ1v) is 8.78. The Morgan fingerprint density at radius 1 is 1.32 bits per heavy atom. The second-order valence-corrected chi connectivity index (χ2v) is 7.78. The molecule has 0 spiro atoms. The third-order valence-corrected chi connectivity index (χ3v) is 4.56. The van der Waals surface area contributed by atoms with E-state index in [1.54, 1.807) is 6.92 Å². The Morgan fingerprint density at radius 2 is 1.89 bits per heavy atom. The van der Waals surface area contributed by atoms with Crippen LogP contribution in [0.4, 0.5) is 0 Å². The van der Waals surface area contributed by atoms with Gasteiger partial charge in [0, 0.05) is 16.6 Å². The fourth-order valence-corrected chi connectivity index (χ4v) is 3.48. The van der Waals surface area contributed by atoms with E-state index < -0.39 is 15.8 Å². The molecule has 6 heteroatoms. The maximum Gasteiger partial charge on any atom is 0.224 e. The van der Waals surface area contributed by atoms with Crippen LogP contribution in [0.2, 0.25) is 0 Å². The van der Waals surface area contributed by atoms with E-state index in [0.29, 0.717) is 0 Å². The maximum absolute atomic E-state index is 11.9. The number of carbonyl (C=O) groups is 1. The van der Waals surface area contributed by atoms with E-state index in [0.717, 1.165) is 16.3 Å². The van der Waals surface area contributed by atoms with Gasteiger partial charge in [0.25, 0.3) is 0 Å². The molecule has 106 valence electrons. The van der Waals surface area contributed by atoms with E-state index in [2.05, 4.69) is 21.2 Å². The van der Waals surface area contributed by atoms with Crippen LogP contribution in [0, 0.1) is 5.92 Å². The highest BCUT2D eigenvalue weighted by molar-refractivity contribution is 9.10. The van der Waals surface area contributed by atoms with Gasteiger partial charge in [0.2, 0.25) is 5.91 Å². The topological polar surface area (TPSA) is 63.2 Å². The number of sulfone groups is 1. The van der Waals surface area contributed by atoms with Crippen LogP contribution in [0.25, 0.3) is 0 Å². The predicted octanol–water partition coefficient (Wildman–Crippen LogP) is 2.31. The minimum Gasteiger partial charge on any atom is -0.349 e. The van der Waals surface area contributed by atoms with E-state index >= 15 is 0 Å². The number of hydrogen-bond donors (Lipinski definition) is 1. The molecule has 19 heavy (non-hydrogen) atoms. The maximum atomic E-state index is 11.9. The molecule has 0 aliphatic heterocycles. The van der Waals surface area contributed by atoms with E-state index in [1.807, 2.05) is 31.2 Å². The SMILES string of the molecule is C[C@H](NC(=O)[C@@H](C)CS(C)(=O)=O)c1ccccc1Br. The zero-order valence-electron chi connectivity index (χ0n) is 11.2. The van der Waals surface area contributed by atoms with Gasteiger partial charge >= 0.3 is 0 Å². The van der Waals surface area contributed by atoms with Gasteiger partial charge in [-0.15, -0.1) is 0 Å². The summed E-state index contributed by atoms with van der Waals surface area (Å²) in [6, 6.07) is 7.43. The van der Waals surface area contributed by atoms with Gasteiger partial charge in [-0.1, -0.05) is 41.1 Å². The largest absolute Gasteiger partial charge is 0.349 e. The summed E-state index contributed by atoms with van der Waals surface area (Å²) in [5, 5.41) is 2.83. The van der Waals surface area contributed by atoms with Crippen molar-refractivity contribution in [2.45, 2.75) is 19.9 Å². The first-order valence-electron chi connectivity index (χ1n) is 5.93. The molecule has 0 fully saturated rings. The van der Waals surface area contributed by atoms with Gasteiger partial charge in [-0.25, -0.2) is 8.42 Å². The highest BCUT2D eigenvalue weighted by atomic mass is 79.9. The number of rotatable bonds is 5. The molecule has 4 nitrogen and oxygen atoms in total. The predicted molar refractivity (Wildman–Crippen MR) is 79.6 cm³/mol. The zero-order valence-corrected chi connectivity index (χ0v) is 13.6. The first kappa shape index (κ1) is 16.2. The highest BCUT2D eigenvalue weighted by Gasteiger charge is 2.20. The second kappa shape index (κ2) is 6.52. The van der Waals surface area contributed by atoms with Crippen molar-refractivity contribution in [2.24, 2.45) is 5.92 Å². The molecular weight excluding hydrogens is 330 g/mol. The van der Waals surface area contributed by atoms with E-state index in [4.69, 9.17) is 0 Å². The molecule has 0 unspecified atom stereocenters. The molecule has 1 amide bonds. The molecule has 0 aliphatic rings. The third kappa shape index (κ3) is 5.32. The quantitative estimate of drug-likeness (QED) is 0.888. The molecular formula is C13H18BrNO3S. The van der Waals surface area contributed by atoms with Crippen molar-refractivity contribution in [1.82, 2.24) is 5.32 Å². The fraction of sp³-hybridized carbons (Fsp3) is 0.462. The lowest BCUT2D eigenvalue weighted by Crippen LogP contribution is -2.34. The zero-order chi connectivity index (χ0) is 14.6. The molecule has 1 N–H and O–H groups in total. The summed E-state index contributed by atoms with van der Waals surface area (Å²) in [5.74, 6) is -0.949. The van der Waals surface area contributed by atoms with Crippen LogP contribution in [-0.2, 0) is 14.6 Å². The molecule has 1 aromatic rings. The summed E-state index contributed by atoms with van der Waals surface area (Å²) < 4.78 is 23.3. The Balaban J connectivity index is 2.70.